The summed E-state index contributed by atoms with van der Waals surface area (Å²) in [7, 11) is 0. The van der Waals surface area contributed by atoms with Gasteiger partial charge in [0, 0.05) is 29.0 Å². The Morgan fingerprint density at radius 2 is 1.72 bits per heavy atom. The Balaban J connectivity index is 1.90. The van der Waals surface area contributed by atoms with Gasteiger partial charge in [0.2, 0.25) is 5.91 Å². The monoisotopic (exact) mass is 590 g/mol. The van der Waals surface area contributed by atoms with Gasteiger partial charge in [0.1, 0.15) is 11.8 Å². The second kappa shape index (κ2) is 14.3. The standard InChI is InChI=1S/C28H29BrCl2N2O3/c1-2-3-15-32-28(35)25(16-20-9-5-4-6-10-20)33(18-21-11-7-8-12-23(21)30)27(34)19-36-26-14-13-22(29)17-24(26)31/h4-14,17,25H,2-3,15-16,18-19H2,1H3,(H,32,35)/t25-/m0/s1. The molecule has 3 aromatic rings. The highest BCUT2D eigenvalue weighted by molar-refractivity contribution is 9.10. The van der Waals surface area contributed by atoms with Crippen molar-refractivity contribution < 1.29 is 14.3 Å². The molecule has 190 valence electrons. The molecule has 2 amide bonds. The average molecular weight is 592 g/mol. The number of rotatable bonds is 12. The molecule has 1 atom stereocenters. The Labute approximate surface area is 230 Å². The van der Waals surface area contributed by atoms with Crippen LogP contribution in [0.4, 0.5) is 0 Å². The number of carbonyl (C=O) groups excluding carboxylic acids is 2. The van der Waals surface area contributed by atoms with E-state index < -0.39 is 6.04 Å². The quantitative estimate of drug-likeness (QED) is 0.239. The van der Waals surface area contributed by atoms with Gasteiger partial charge in [0.05, 0.1) is 5.02 Å². The minimum Gasteiger partial charge on any atom is -0.482 e. The van der Waals surface area contributed by atoms with E-state index in [0.717, 1.165) is 28.4 Å². The van der Waals surface area contributed by atoms with Crippen LogP contribution in [0.5, 0.6) is 5.75 Å². The van der Waals surface area contributed by atoms with Crippen LogP contribution in [0.25, 0.3) is 0 Å². The molecular weight excluding hydrogens is 563 g/mol. The lowest BCUT2D eigenvalue weighted by Crippen LogP contribution is -2.51. The van der Waals surface area contributed by atoms with Crippen molar-refractivity contribution in [1.29, 1.82) is 0 Å². The van der Waals surface area contributed by atoms with Crippen molar-refractivity contribution in [2.45, 2.75) is 38.8 Å². The van der Waals surface area contributed by atoms with Crippen molar-refractivity contribution in [3.63, 3.8) is 0 Å². The molecule has 0 aliphatic rings. The SMILES string of the molecule is CCCCNC(=O)[C@H](Cc1ccccc1)N(Cc1ccccc1Cl)C(=O)COc1ccc(Br)cc1Cl. The number of nitrogens with zero attached hydrogens (tertiary/aromatic N) is 1. The minimum absolute atomic E-state index is 0.161. The molecule has 0 aliphatic heterocycles. The Hall–Kier alpha value is -2.54. The number of hydrogen-bond donors (Lipinski definition) is 1. The lowest BCUT2D eigenvalue weighted by atomic mass is 10.0. The molecule has 0 bridgehead atoms. The minimum atomic E-state index is -0.753. The highest BCUT2D eigenvalue weighted by Crippen LogP contribution is 2.28. The Kier molecular flexibility index (Phi) is 11.1. The van der Waals surface area contributed by atoms with E-state index in [0.29, 0.717) is 28.8 Å². The molecule has 0 saturated heterocycles. The molecule has 0 aliphatic carbocycles. The maximum absolute atomic E-state index is 13.6. The van der Waals surface area contributed by atoms with E-state index in [-0.39, 0.29) is 25.0 Å². The second-order valence-corrected chi connectivity index (χ2v) is 10.1. The summed E-state index contributed by atoms with van der Waals surface area (Å²) < 4.78 is 6.58. The molecule has 36 heavy (non-hydrogen) atoms. The summed E-state index contributed by atoms with van der Waals surface area (Å²) >= 11 is 16.1. The van der Waals surface area contributed by atoms with Gasteiger partial charge in [-0.3, -0.25) is 9.59 Å². The third-order valence-corrected chi connectivity index (χ3v) is 6.80. The maximum Gasteiger partial charge on any atom is 0.261 e. The molecule has 1 N–H and O–H groups in total. The van der Waals surface area contributed by atoms with Crippen molar-refractivity contribution in [3.05, 3.63) is 98.4 Å². The molecule has 0 unspecified atom stereocenters. The first-order valence-electron chi connectivity index (χ1n) is 11.8. The van der Waals surface area contributed by atoms with Crippen LogP contribution in [0.2, 0.25) is 10.0 Å². The zero-order valence-electron chi connectivity index (χ0n) is 20.1. The van der Waals surface area contributed by atoms with Crippen LogP contribution in [-0.2, 0) is 22.6 Å². The van der Waals surface area contributed by atoms with E-state index in [2.05, 4.69) is 28.2 Å². The summed E-state index contributed by atoms with van der Waals surface area (Å²) in [6.07, 6.45) is 2.16. The van der Waals surface area contributed by atoms with Crippen LogP contribution < -0.4 is 10.1 Å². The fraction of sp³-hybridized carbons (Fsp3) is 0.286. The van der Waals surface area contributed by atoms with E-state index in [1.807, 2.05) is 48.5 Å². The number of halogens is 3. The van der Waals surface area contributed by atoms with Gasteiger partial charge < -0.3 is 15.0 Å². The highest BCUT2D eigenvalue weighted by atomic mass is 79.9. The van der Waals surface area contributed by atoms with Crippen LogP contribution in [0.15, 0.2) is 77.3 Å². The van der Waals surface area contributed by atoms with Gasteiger partial charge in [-0.1, -0.05) is 101 Å². The second-order valence-electron chi connectivity index (χ2n) is 8.33. The summed E-state index contributed by atoms with van der Waals surface area (Å²) in [5.41, 5.74) is 1.69. The molecule has 3 rings (SSSR count). The molecule has 5 nitrogen and oxygen atoms in total. The predicted molar refractivity (Wildman–Crippen MR) is 149 cm³/mol. The third kappa shape index (κ3) is 8.26. The zero-order chi connectivity index (χ0) is 25.9. The fourth-order valence-electron chi connectivity index (χ4n) is 3.68. The zero-order valence-corrected chi connectivity index (χ0v) is 23.2. The van der Waals surface area contributed by atoms with Gasteiger partial charge >= 0.3 is 0 Å². The molecule has 3 aromatic carbocycles. The molecule has 0 fully saturated rings. The van der Waals surface area contributed by atoms with Crippen LogP contribution >= 0.6 is 39.1 Å². The first kappa shape index (κ1) is 28.0. The van der Waals surface area contributed by atoms with Crippen molar-refractivity contribution in [2.24, 2.45) is 0 Å². The van der Waals surface area contributed by atoms with Gasteiger partial charge in [-0.2, -0.15) is 0 Å². The summed E-state index contributed by atoms with van der Waals surface area (Å²) in [5.74, 6) is -0.173. The van der Waals surface area contributed by atoms with Crippen LogP contribution in [-0.4, -0.2) is 35.9 Å². The molecule has 0 saturated carbocycles. The lowest BCUT2D eigenvalue weighted by molar-refractivity contribution is -0.142. The summed E-state index contributed by atoms with van der Waals surface area (Å²) in [6.45, 7) is 2.49. The Bertz CT molecular complexity index is 1160. The number of ether oxygens (including phenoxy) is 1. The maximum atomic E-state index is 13.6. The number of nitrogens with one attached hydrogen (secondary N) is 1. The number of benzene rings is 3. The normalized spacial score (nSPS) is 11.6. The predicted octanol–water partition coefficient (Wildman–Crippen LogP) is 6.69. The first-order chi connectivity index (χ1) is 17.4. The molecule has 0 aromatic heterocycles. The topological polar surface area (TPSA) is 58.6 Å². The van der Waals surface area contributed by atoms with E-state index in [1.165, 1.54) is 0 Å². The van der Waals surface area contributed by atoms with Crippen molar-refractivity contribution in [2.75, 3.05) is 13.2 Å². The molecule has 0 spiro atoms. The highest BCUT2D eigenvalue weighted by Gasteiger charge is 2.31. The molecule has 0 radical (unpaired) electrons. The van der Waals surface area contributed by atoms with Crippen LogP contribution in [0.3, 0.4) is 0 Å². The molecule has 8 heteroatoms. The van der Waals surface area contributed by atoms with E-state index >= 15 is 0 Å². The van der Waals surface area contributed by atoms with Crippen molar-refractivity contribution in [1.82, 2.24) is 10.2 Å². The Morgan fingerprint density at radius 1 is 1.00 bits per heavy atom. The first-order valence-corrected chi connectivity index (χ1v) is 13.4. The third-order valence-electron chi connectivity index (χ3n) is 5.64. The van der Waals surface area contributed by atoms with E-state index in [1.54, 1.807) is 29.2 Å². The number of carbonyl (C=O) groups is 2. The van der Waals surface area contributed by atoms with Crippen molar-refractivity contribution >= 4 is 50.9 Å². The smallest absolute Gasteiger partial charge is 0.261 e. The van der Waals surface area contributed by atoms with Gasteiger partial charge in [0.15, 0.2) is 6.61 Å². The van der Waals surface area contributed by atoms with E-state index in [9.17, 15) is 9.59 Å². The summed E-state index contributed by atoms with van der Waals surface area (Å²) in [6, 6.07) is 21.4. The van der Waals surface area contributed by atoms with Gasteiger partial charge in [0.25, 0.3) is 5.91 Å². The fourth-order valence-corrected chi connectivity index (χ4v) is 4.61. The molecular formula is C28H29BrCl2N2O3. The average Bonchev–Trinajstić information content (AvgIpc) is 2.87. The van der Waals surface area contributed by atoms with Crippen LogP contribution in [0.1, 0.15) is 30.9 Å². The van der Waals surface area contributed by atoms with Crippen molar-refractivity contribution in [3.8, 4) is 5.75 Å². The summed E-state index contributed by atoms with van der Waals surface area (Å²) in [5, 5.41) is 3.90. The lowest BCUT2D eigenvalue weighted by Gasteiger charge is -2.31. The van der Waals surface area contributed by atoms with Crippen LogP contribution in [0, 0.1) is 0 Å². The summed E-state index contributed by atoms with van der Waals surface area (Å²) in [4.78, 5) is 28.6. The number of unbranched alkanes of at least 4 members (excludes halogenated alkanes) is 1. The van der Waals surface area contributed by atoms with Gasteiger partial charge in [-0.25, -0.2) is 0 Å². The number of hydrogen-bond acceptors (Lipinski definition) is 3. The van der Waals surface area contributed by atoms with E-state index in [4.69, 9.17) is 27.9 Å². The molecule has 0 heterocycles. The van der Waals surface area contributed by atoms with Gasteiger partial charge in [-0.15, -0.1) is 0 Å². The Morgan fingerprint density at radius 3 is 2.42 bits per heavy atom. The van der Waals surface area contributed by atoms with Gasteiger partial charge in [-0.05, 0) is 41.8 Å². The largest absolute Gasteiger partial charge is 0.482 e. The number of amides is 2.